The highest BCUT2D eigenvalue weighted by Gasteiger charge is 2.27. The maximum Gasteiger partial charge on any atom is 0.224 e. The molecule has 1 fully saturated rings. The van der Waals surface area contributed by atoms with Crippen molar-refractivity contribution in [2.75, 3.05) is 24.5 Å². The number of amides is 1. The molecule has 2 aromatic heterocycles. The summed E-state index contributed by atoms with van der Waals surface area (Å²) in [5.41, 5.74) is 3.44. The van der Waals surface area contributed by atoms with E-state index in [1.54, 1.807) is 11.3 Å². The Balaban J connectivity index is 1.19. The minimum Gasteiger partial charge on any atom is -0.361 e. The van der Waals surface area contributed by atoms with E-state index in [0.717, 1.165) is 48.5 Å². The summed E-state index contributed by atoms with van der Waals surface area (Å²) in [5.74, 6) is 0.189. The lowest BCUT2D eigenvalue weighted by molar-refractivity contribution is -0.125. The highest BCUT2D eigenvalue weighted by molar-refractivity contribution is 7.22. The molecule has 5 nitrogen and oxygen atoms in total. The monoisotopic (exact) mass is 404 g/mol. The van der Waals surface area contributed by atoms with Gasteiger partial charge >= 0.3 is 0 Å². The van der Waals surface area contributed by atoms with Gasteiger partial charge in [0.25, 0.3) is 0 Å². The Morgan fingerprint density at radius 1 is 1.21 bits per heavy atom. The van der Waals surface area contributed by atoms with Crippen molar-refractivity contribution >= 4 is 43.5 Å². The van der Waals surface area contributed by atoms with Crippen molar-refractivity contribution < 1.29 is 4.79 Å². The molecule has 0 spiro atoms. The van der Waals surface area contributed by atoms with E-state index in [2.05, 4.69) is 39.5 Å². The fraction of sp³-hybridized carbons (Fsp3) is 0.304. The molecule has 29 heavy (non-hydrogen) atoms. The summed E-state index contributed by atoms with van der Waals surface area (Å²) in [5, 5.41) is 5.42. The largest absolute Gasteiger partial charge is 0.361 e. The van der Waals surface area contributed by atoms with Crippen LogP contribution in [-0.2, 0) is 11.2 Å². The molecule has 1 aliphatic rings. The lowest BCUT2D eigenvalue weighted by Gasteiger charge is -2.31. The maximum absolute atomic E-state index is 12.8. The number of anilines is 1. The van der Waals surface area contributed by atoms with Crippen LogP contribution in [-0.4, -0.2) is 35.5 Å². The Labute approximate surface area is 173 Å². The molecule has 2 aromatic carbocycles. The predicted octanol–water partition coefficient (Wildman–Crippen LogP) is 4.35. The molecule has 1 atom stereocenters. The van der Waals surface area contributed by atoms with E-state index in [0.29, 0.717) is 6.54 Å². The smallest absolute Gasteiger partial charge is 0.224 e. The molecular weight excluding hydrogens is 380 g/mol. The van der Waals surface area contributed by atoms with Gasteiger partial charge in [0.15, 0.2) is 5.13 Å². The van der Waals surface area contributed by atoms with Gasteiger partial charge in [-0.1, -0.05) is 41.7 Å². The van der Waals surface area contributed by atoms with Gasteiger partial charge in [-0.15, -0.1) is 0 Å². The normalized spacial score (nSPS) is 17.1. The van der Waals surface area contributed by atoms with Crippen LogP contribution in [0.5, 0.6) is 0 Å². The number of aromatic nitrogens is 2. The minimum atomic E-state index is 0.0266. The molecule has 1 aliphatic heterocycles. The molecule has 3 heterocycles. The summed E-state index contributed by atoms with van der Waals surface area (Å²) in [6.07, 6.45) is 4.85. The van der Waals surface area contributed by atoms with Crippen LogP contribution in [0, 0.1) is 5.92 Å². The number of H-pyrrole nitrogens is 1. The molecule has 0 aliphatic carbocycles. The number of piperidine rings is 1. The van der Waals surface area contributed by atoms with Crippen molar-refractivity contribution in [1.82, 2.24) is 15.3 Å². The number of thiazole rings is 1. The molecule has 1 amide bonds. The number of fused-ring (bicyclic) bond motifs is 2. The summed E-state index contributed by atoms with van der Waals surface area (Å²) in [6, 6.07) is 16.5. The Bertz CT molecular complexity index is 1110. The Hall–Kier alpha value is -2.86. The number of aromatic amines is 1. The van der Waals surface area contributed by atoms with Crippen LogP contribution in [0.4, 0.5) is 5.13 Å². The molecule has 0 bridgehead atoms. The Kier molecular flexibility index (Phi) is 4.94. The summed E-state index contributed by atoms with van der Waals surface area (Å²) in [6.45, 7) is 2.38. The number of benzene rings is 2. The van der Waals surface area contributed by atoms with Gasteiger partial charge in [0.2, 0.25) is 5.91 Å². The molecule has 5 rings (SSSR count). The SMILES string of the molecule is O=C(NCCc1c[nH]c2ccccc12)C1CCCN(c2nc3ccccc3s2)C1. The third-order valence-corrected chi connectivity index (χ3v) is 6.81. The van der Waals surface area contributed by atoms with E-state index in [1.807, 2.05) is 30.5 Å². The zero-order chi connectivity index (χ0) is 19.6. The van der Waals surface area contributed by atoms with Crippen LogP contribution in [0.1, 0.15) is 18.4 Å². The molecule has 6 heteroatoms. The number of carbonyl (C=O) groups excluding carboxylic acids is 1. The van der Waals surface area contributed by atoms with Crippen molar-refractivity contribution in [3.05, 3.63) is 60.3 Å². The number of nitrogens with one attached hydrogen (secondary N) is 2. The summed E-state index contributed by atoms with van der Waals surface area (Å²) < 4.78 is 1.20. The first-order chi connectivity index (χ1) is 14.3. The maximum atomic E-state index is 12.8. The topological polar surface area (TPSA) is 61.0 Å². The van der Waals surface area contributed by atoms with E-state index < -0.39 is 0 Å². The number of carbonyl (C=O) groups is 1. The highest BCUT2D eigenvalue weighted by Crippen LogP contribution is 2.31. The zero-order valence-corrected chi connectivity index (χ0v) is 17.0. The number of nitrogens with zero attached hydrogens (tertiary/aromatic N) is 2. The first kappa shape index (κ1) is 18.2. The van der Waals surface area contributed by atoms with Gasteiger partial charge < -0.3 is 15.2 Å². The van der Waals surface area contributed by atoms with Gasteiger partial charge in [0.1, 0.15) is 0 Å². The average Bonchev–Trinajstić information content (AvgIpc) is 3.38. The van der Waals surface area contributed by atoms with E-state index in [4.69, 9.17) is 4.98 Å². The lowest BCUT2D eigenvalue weighted by atomic mass is 9.97. The van der Waals surface area contributed by atoms with Gasteiger partial charge in [0, 0.05) is 36.7 Å². The fourth-order valence-corrected chi connectivity index (χ4v) is 5.16. The second-order valence-electron chi connectivity index (χ2n) is 7.65. The van der Waals surface area contributed by atoms with Crippen LogP contribution < -0.4 is 10.2 Å². The molecule has 1 saturated heterocycles. The number of hydrogen-bond acceptors (Lipinski definition) is 4. The Morgan fingerprint density at radius 3 is 3.00 bits per heavy atom. The number of rotatable bonds is 5. The van der Waals surface area contributed by atoms with Crippen LogP contribution >= 0.6 is 11.3 Å². The average molecular weight is 405 g/mol. The van der Waals surface area contributed by atoms with Crippen molar-refractivity contribution in [3.63, 3.8) is 0 Å². The van der Waals surface area contributed by atoms with E-state index in [1.165, 1.54) is 15.6 Å². The highest BCUT2D eigenvalue weighted by atomic mass is 32.1. The lowest BCUT2D eigenvalue weighted by Crippen LogP contribution is -2.43. The molecule has 0 saturated carbocycles. The van der Waals surface area contributed by atoms with Crippen molar-refractivity contribution in [2.45, 2.75) is 19.3 Å². The molecule has 1 unspecified atom stereocenters. The second kappa shape index (κ2) is 7.87. The molecular formula is C23H24N4OS. The van der Waals surface area contributed by atoms with Crippen LogP contribution in [0.15, 0.2) is 54.7 Å². The van der Waals surface area contributed by atoms with Crippen LogP contribution in [0.3, 0.4) is 0 Å². The summed E-state index contributed by atoms with van der Waals surface area (Å²) in [7, 11) is 0. The van der Waals surface area contributed by atoms with Crippen LogP contribution in [0.2, 0.25) is 0 Å². The van der Waals surface area contributed by atoms with Gasteiger partial charge in [0.05, 0.1) is 16.1 Å². The quantitative estimate of drug-likeness (QED) is 0.520. The standard InChI is InChI=1S/C23H24N4OS/c28-22(24-12-11-16-14-25-19-8-2-1-7-18(16)19)17-6-5-13-27(15-17)23-26-20-9-3-4-10-21(20)29-23/h1-4,7-10,14,17,25H,5-6,11-13,15H2,(H,24,28). The van der Waals surface area contributed by atoms with Crippen LogP contribution in [0.25, 0.3) is 21.1 Å². The number of hydrogen-bond donors (Lipinski definition) is 2. The molecule has 0 radical (unpaired) electrons. The van der Waals surface area contributed by atoms with Crippen molar-refractivity contribution in [3.8, 4) is 0 Å². The second-order valence-corrected chi connectivity index (χ2v) is 8.66. The van der Waals surface area contributed by atoms with Gasteiger partial charge in [-0.3, -0.25) is 4.79 Å². The van der Waals surface area contributed by atoms with Crippen molar-refractivity contribution in [1.29, 1.82) is 0 Å². The van der Waals surface area contributed by atoms with Gasteiger partial charge in [-0.25, -0.2) is 4.98 Å². The fourth-order valence-electron chi connectivity index (χ4n) is 4.16. The molecule has 148 valence electrons. The first-order valence-corrected chi connectivity index (χ1v) is 11.0. The van der Waals surface area contributed by atoms with E-state index in [9.17, 15) is 4.79 Å². The summed E-state index contributed by atoms with van der Waals surface area (Å²) in [4.78, 5) is 23.1. The van der Waals surface area contributed by atoms with E-state index >= 15 is 0 Å². The molecule has 4 aromatic rings. The Morgan fingerprint density at radius 2 is 2.07 bits per heavy atom. The zero-order valence-electron chi connectivity index (χ0n) is 16.2. The van der Waals surface area contributed by atoms with E-state index in [-0.39, 0.29) is 11.8 Å². The summed E-state index contributed by atoms with van der Waals surface area (Å²) >= 11 is 1.71. The molecule has 2 N–H and O–H groups in total. The van der Waals surface area contributed by atoms with Gasteiger partial charge in [-0.05, 0) is 43.0 Å². The van der Waals surface area contributed by atoms with Gasteiger partial charge in [-0.2, -0.15) is 0 Å². The number of para-hydroxylation sites is 2. The third-order valence-electron chi connectivity index (χ3n) is 5.71. The minimum absolute atomic E-state index is 0.0266. The third kappa shape index (κ3) is 3.72. The van der Waals surface area contributed by atoms with Crippen molar-refractivity contribution in [2.24, 2.45) is 5.92 Å². The first-order valence-electron chi connectivity index (χ1n) is 10.2. The predicted molar refractivity (Wildman–Crippen MR) is 120 cm³/mol.